The largest absolute Gasteiger partial charge is 1.00 e. The van der Waals surface area contributed by atoms with Gasteiger partial charge in [-0.05, 0) is 5.92 Å². The Hall–Kier alpha value is -0.0400. The highest BCUT2D eigenvalue weighted by molar-refractivity contribution is 4.32. The number of hydrogen-bond acceptors (Lipinski definition) is 1. The van der Waals surface area contributed by atoms with Crippen molar-refractivity contribution in [2.24, 2.45) is 5.92 Å². The van der Waals surface area contributed by atoms with Gasteiger partial charge in [-0.1, -0.05) is 13.8 Å². The minimum absolute atomic E-state index is 0. The Bertz CT molecular complexity index is 21.5. The lowest BCUT2D eigenvalue weighted by atomic mass is 10.2. The molecule has 0 aliphatic heterocycles. The first kappa shape index (κ1) is 4.96. The van der Waals surface area contributed by atoms with E-state index in [1.807, 2.05) is 13.8 Å². The molecular weight excluding hydrogens is 64.0 g/mol. The number of aliphatic hydroxyl groups is 1. The zero-order chi connectivity index (χ0) is 4.28. The molecule has 0 bridgehead atoms. The molecule has 5 heavy (non-hydrogen) atoms. The van der Waals surface area contributed by atoms with Gasteiger partial charge in [0, 0.05) is 6.61 Å². The molecule has 0 aromatic rings. The normalized spacial score (nSPS) is 9.60. The van der Waals surface area contributed by atoms with Gasteiger partial charge in [-0.3, -0.25) is 0 Å². The Kier molecular flexibility index (Phi) is 2.19. The van der Waals surface area contributed by atoms with Gasteiger partial charge in [0.25, 0.3) is 0 Å². The van der Waals surface area contributed by atoms with E-state index in [-0.39, 0.29) is 1.43 Å². The summed E-state index contributed by atoms with van der Waals surface area (Å²) in [7, 11) is 0. The van der Waals surface area contributed by atoms with E-state index >= 15 is 0 Å². The second kappa shape index (κ2) is 2.21. The molecule has 0 amide bonds. The maximum Gasteiger partial charge on any atom is 1.00 e. The molecule has 1 heteroatoms. The number of hydrogen-bond donors (Lipinski definition) is 1. The Morgan fingerprint density at radius 3 is 2.00 bits per heavy atom. The molecule has 0 saturated heterocycles. The SMILES string of the molecule is CC(C)CO.[H+]. The summed E-state index contributed by atoms with van der Waals surface area (Å²) in [6, 6.07) is 0. The van der Waals surface area contributed by atoms with Crippen LogP contribution in [0.5, 0.6) is 0 Å². The summed E-state index contributed by atoms with van der Waals surface area (Å²) in [4.78, 5) is 0. The van der Waals surface area contributed by atoms with Gasteiger partial charge >= 0.3 is 1.43 Å². The molecule has 1 nitrogen and oxygen atoms in total. The van der Waals surface area contributed by atoms with Gasteiger partial charge in [-0.15, -0.1) is 0 Å². The molecule has 0 fully saturated rings. The van der Waals surface area contributed by atoms with Crippen LogP contribution in [-0.2, 0) is 0 Å². The second-order valence-electron chi connectivity index (χ2n) is 1.58. The Morgan fingerprint density at radius 2 is 2.00 bits per heavy atom. The van der Waals surface area contributed by atoms with Crippen molar-refractivity contribution in [3.05, 3.63) is 0 Å². The van der Waals surface area contributed by atoms with Gasteiger partial charge in [0.2, 0.25) is 0 Å². The third-order valence-corrected chi connectivity index (χ3v) is 0.365. The highest BCUT2D eigenvalue weighted by Gasteiger charge is 1.81. The minimum Gasteiger partial charge on any atom is -0.396 e. The highest BCUT2D eigenvalue weighted by atomic mass is 16.3. The summed E-state index contributed by atoms with van der Waals surface area (Å²) in [5.74, 6) is 0.440. The van der Waals surface area contributed by atoms with Gasteiger partial charge in [-0.2, -0.15) is 0 Å². The second-order valence-corrected chi connectivity index (χ2v) is 1.58. The van der Waals surface area contributed by atoms with Crippen LogP contribution in [0.2, 0.25) is 0 Å². The molecule has 0 aliphatic carbocycles. The molecule has 32 valence electrons. The van der Waals surface area contributed by atoms with E-state index < -0.39 is 0 Å². The third-order valence-electron chi connectivity index (χ3n) is 0.365. The van der Waals surface area contributed by atoms with Crippen molar-refractivity contribution in [1.29, 1.82) is 0 Å². The molecule has 0 heterocycles. The van der Waals surface area contributed by atoms with Crippen LogP contribution in [0.4, 0.5) is 0 Å². The minimum atomic E-state index is 0. The van der Waals surface area contributed by atoms with Crippen LogP contribution >= 0.6 is 0 Å². The molecule has 1 N–H and O–H groups in total. The van der Waals surface area contributed by atoms with E-state index in [1.54, 1.807) is 0 Å². The van der Waals surface area contributed by atoms with Gasteiger partial charge in [0.15, 0.2) is 0 Å². The predicted molar refractivity (Wildman–Crippen MR) is 23.0 cm³/mol. The van der Waals surface area contributed by atoms with Crippen molar-refractivity contribution in [3.63, 3.8) is 0 Å². The van der Waals surface area contributed by atoms with E-state index in [0.717, 1.165) is 0 Å². The van der Waals surface area contributed by atoms with Gasteiger partial charge in [0.1, 0.15) is 0 Å². The van der Waals surface area contributed by atoms with Crippen LogP contribution in [0.15, 0.2) is 0 Å². The van der Waals surface area contributed by atoms with Gasteiger partial charge in [-0.25, -0.2) is 0 Å². The zero-order valence-corrected chi connectivity index (χ0v) is 3.73. The fraction of sp³-hybridized carbons (Fsp3) is 1.00. The van der Waals surface area contributed by atoms with Gasteiger partial charge < -0.3 is 5.11 Å². The third kappa shape index (κ3) is 3.96. The van der Waals surface area contributed by atoms with Crippen LogP contribution in [0.3, 0.4) is 0 Å². The van der Waals surface area contributed by atoms with E-state index in [2.05, 4.69) is 0 Å². The van der Waals surface area contributed by atoms with Crippen LogP contribution in [0.25, 0.3) is 0 Å². The Labute approximate surface area is 34.1 Å². The zero-order valence-electron chi connectivity index (χ0n) is 4.73. The Balaban J connectivity index is 0. The maximum absolute atomic E-state index is 8.14. The fourth-order valence-corrected chi connectivity index (χ4v) is 0. The highest BCUT2D eigenvalue weighted by Crippen LogP contribution is 1.83. The van der Waals surface area contributed by atoms with Crippen LogP contribution in [0, 0.1) is 5.92 Å². The lowest BCUT2D eigenvalue weighted by Crippen LogP contribution is -1.90. The van der Waals surface area contributed by atoms with Crippen molar-refractivity contribution in [2.75, 3.05) is 6.61 Å². The number of aliphatic hydroxyl groups excluding tert-OH is 1. The van der Waals surface area contributed by atoms with E-state index in [4.69, 9.17) is 5.11 Å². The predicted octanol–water partition coefficient (Wildman–Crippen LogP) is 0.747. The first-order valence-corrected chi connectivity index (χ1v) is 1.88. The molecule has 0 aromatic carbocycles. The monoisotopic (exact) mass is 75.1 g/mol. The van der Waals surface area contributed by atoms with Crippen molar-refractivity contribution in [2.45, 2.75) is 13.8 Å². The lowest BCUT2D eigenvalue weighted by molar-refractivity contribution is 0.248. The fourth-order valence-electron chi connectivity index (χ4n) is 0. The van der Waals surface area contributed by atoms with E-state index in [9.17, 15) is 0 Å². The van der Waals surface area contributed by atoms with Crippen LogP contribution in [0.1, 0.15) is 15.3 Å². The van der Waals surface area contributed by atoms with Crippen LogP contribution < -0.4 is 0 Å². The summed E-state index contributed by atoms with van der Waals surface area (Å²) >= 11 is 0. The molecule has 0 aliphatic rings. The van der Waals surface area contributed by atoms with E-state index in [1.165, 1.54) is 0 Å². The molecular formula is C4H11O+. The summed E-state index contributed by atoms with van der Waals surface area (Å²) in [5.41, 5.74) is 0. The van der Waals surface area contributed by atoms with Gasteiger partial charge in [0.05, 0.1) is 0 Å². The van der Waals surface area contributed by atoms with Crippen molar-refractivity contribution >= 4 is 0 Å². The lowest BCUT2D eigenvalue weighted by Gasteiger charge is -1.90. The molecule has 0 saturated carbocycles. The molecule has 0 radical (unpaired) electrons. The van der Waals surface area contributed by atoms with Crippen molar-refractivity contribution in [1.82, 2.24) is 0 Å². The topological polar surface area (TPSA) is 20.2 Å². The first-order chi connectivity index (χ1) is 2.27. The number of rotatable bonds is 1. The van der Waals surface area contributed by atoms with Crippen molar-refractivity contribution in [3.8, 4) is 0 Å². The summed E-state index contributed by atoms with van der Waals surface area (Å²) in [5, 5.41) is 8.14. The standard InChI is InChI=1S/C4H10O/c1-4(2)3-5/h4-5H,3H2,1-2H3/p+1. The first-order valence-electron chi connectivity index (χ1n) is 1.88. The Morgan fingerprint density at radius 1 is 1.80 bits per heavy atom. The van der Waals surface area contributed by atoms with Crippen LogP contribution in [-0.4, -0.2) is 11.7 Å². The molecule has 0 aromatic heterocycles. The smallest absolute Gasteiger partial charge is 0.396 e. The maximum atomic E-state index is 8.14. The van der Waals surface area contributed by atoms with Crippen molar-refractivity contribution < 1.29 is 6.53 Å². The average molecular weight is 75.1 g/mol. The molecule has 0 unspecified atom stereocenters. The molecule has 0 rings (SSSR count). The summed E-state index contributed by atoms with van der Waals surface area (Å²) < 4.78 is 0. The quantitative estimate of drug-likeness (QED) is 0.487. The molecule has 0 spiro atoms. The summed E-state index contributed by atoms with van der Waals surface area (Å²) in [6.45, 7) is 4.25. The average Bonchev–Trinajstić information content (AvgIpc) is 1.38. The molecule has 0 atom stereocenters. The van der Waals surface area contributed by atoms with E-state index in [0.29, 0.717) is 12.5 Å². The summed E-state index contributed by atoms with van der Waals surface area (Å²) in [6.07, 6.45) is 0.